The first-order chi connectivity index (χ1) is 15.5. The second-order valence-electron chi connectivity index (χ2n) is 8.20. The van der Waals surface area contributed by atoms with Crippen molar-refractivity contribution in [2.45, 2.75) is 38.5 Å². The van der Waals surface area contributed by atoms with Crippen LogP contribution < -0.4 is 24.6 Å². The zero-order chi connectivity index (χ0) is 22.6. The fourth-order valence-electron chi connectivity index (χ4n) is 5.10. The summed E-state index contributed by atoms with van der Waals surface area (Å²) in [5, 5.41) is 0.739. The molecule has 7 nitrogen and oxygen atoms in total. The normalized spacial score (nSPS) is 17.0. The molecule has 0 bridgehead atoms. The second kappa shape index (κ2) is 7.58. The molecule has 166 valence electrons. The highest BCUT2D eigenvalue weighted by molar-refractivity contribution is 5.95. The first-order valence-corrected chi connectivity index (χ1v) is 10.6. The summed E-state index contributed by atoms with van der Waals surface area (Å²) in [7, 11) is 4.68. The topological polar surface area (TPSA) is 84.2 Å². The van der Waals surface area contributed by atoms with Gasteiger partial charge in [0.15, 0.2) is 11.5 Å². The highest BCUT2D eigenvalue weighted by Gasteiger charge is 2.35. The van der Waals surface area contributed by atoms with Gasteiger partial charge >= 0.3 is 11.6 Å². The molecule has 7 heteroatoms. The number of esters is 1. The van der Waals surface area contributed by atoms with Crippen LogP contribution in [0.4, 0.5) is 0 Å². The van der Waals surface area contributed by atoms with E-state index in [9.17, 15) is 9.59 Å². The first kappa shape index (κ1) is 20.4. The fourth-order valence-corrected chi connectivity index (χ4v) is 5.10. The summed E-state index contributed by atoms with van der Waals surface area (Å²) in [6, 6.07) is 5.61. The molecule has 32 heavy (non-hydrogen) atoms. The van der Waals surface area contributed by atoms with Crippen molar-refractivity contribution in [1.29, 1.82) is 0 Å². The predicted octanol–water partition coefficient (Wildman–Crippen LogP) is 4.06. The van der Waals surface area contributed by atoms with Gasteiger partial charge in [0.25, 0.3) is 0 Å². The largest absolute Gasteiger partial charge is 0.493 e. The van der Waals surface area contributed by atoms with Crippen molar-refractivity contribution in [3.8, 4) is 23.0 Å². The highest BCUT2D eigenvalue weighted by atomic mass is 16.5. The molecule has 2 heterocycles. The minimum absolute atomic E-state index is 0.178. The van der Waals surface area contributed by atoms with Gasteiger partial charge in [-0.25, -0.2) is 4.79 Å². The van der Waals surface area contributed by atoms with E-state index in [4.69, 9.17) is 23.4 Å². The van der Waals surface area contributed by atoms with E-state index in [-0.39, 0.29) is 23.9 Å². The maximum atomic E-state index is 12.8. The molecule has 0 fully saturated rings. The Kier molecular flexibility index (Phi) is 4.84. The number of carbonyl (C=O) groups is 1. The number of fused-ring (bicyclic) bond motifs is 5. The lowest BCUT2D eigenvalue weighted by molar-refractivity contribution is -0.135. The van der Waals surface area contributed by atoms with Gasteiger partial charge in [0.1, 0.15) is 11.3 Å². The van der Waals surface area contributed by atoms with Gasteiger partial charge in [-0.1, -0.05) is 0 Å². The molecule has 5 rings (SSSR count). The zero-order valence-corrected chi connectivity index (χ0v) is 18.5. The molecule has 0 spiro atoms. The number of hydrogen-bond donors (Lipinski definition) is 0. The van der Waals surface area contributed by atoms with Gasteiger partial charge in [-0.15, -0.1) is 0 Å². The Balaban J connectivity index is 1.79. The van der Waals surface area contributed by atoms with Gasteiger partial charge in [-0.05, 0) is 61.1 Å². The van der Waals surface area contributed by atoms with Crippen molar-refractivity contribution in [2.24, 2.45) is 0 Å². The number of methoxy groups -OCH3 is 3. The van der Waals surface area contributed by atoms with E-state index in [1.54, 1.807) is 21.3 Å². The van der Waals surface area contributed by atoms with Crippen LogP contribution in [0.1, 0.15) is 46.6 Å². The summed E-state index contributed by atoms with van der Waals surface area (Å²) in [4.78, 5) is 25.2. The Morgan fingerprint density at radius 2 is 1.62 bits per heavy atom. The van der Waals surface area contributed by atoms with E-state index in [1.807, 2.05) is 25.1 Å². The van der Waals surface area contributed by atoms with Crippen molar-refractivity contribution in [3.63, 3.8) is 0 Å². The number of rotatable bonds is 4. The predicted molar refractivity (Wildman–Crippen MR) is 117 cm³/mol. The maximum Gasteiger partial charge on any atom is 0.339 e. The molecule has 1 unspecified atom stereocenters. The quantitative estimate of drug-likeness (QED) is 0.346. The Morgan fingerprint density at radius 3 is 2.28 bits per heavy atom. The molecule has 0 saturated heterocycles. The third-order valence-electron chi connectivity index (χ3n) is 6.48. The minimum Gasteiger partial charge on any atom is -0.493 e. The molecule has 3 aromatic rings. The van der Waals surface area contributed by atoms with E-state index in [2.05, 4.69) is 0 Å². The van der Waals surface area contributed by atoms with E-state index in [0.717, 1.165) is 40.5 Å². The molecular formula is C25H24O7. The van der Waals surface area contributed by atoms with Gasteiger partial charge in [0.05, 0.1) is 33.1 Å². The summed E-state index contributed by atoms with van der Waals surface area (Å²) in [6.45, 7) is 1.94. The molecule has 2 aromatic carbocycles. The van der Waals surface area contributed by atoms with Gasteiger partial charge in [0, 0.05) is 17.0 Å². The van der Waals surface area contributed by atoms with E-state index in [0.29, 0.717) is 40.6 Å². The number of ether oxygens (including phenoxy) is 4. The van der Waals surface area contributed by atoms with Crippen LogP contribution in [0.2, 0.25) is 0 Å². The fraction of sp³-hybridized carbons (Fsp3) is 0.360. The summed E-state index contributed by atoms with van der Waals surface area (Å²) in [6.07, 6.45) is 2.50. The van der Waals surface area contributed by atoms with Crippen LogP contribution in [0.3, 0.4) is 0 Å². The number of aryl methyl sites for hydroxylation is 2. The van der Waals surface area contributed by atoms with Gasteiger partial charge in [-0.3, -0.25) is 4.79 Å². The van der Waals surface area contributed by atoms with Crippen LogP contribution in [0.5, 0.6) is 23.0 Å². The average Bonchev–Trinajstić information content (AvgIpc) is 3.27. The SMILES string of the molecule is COc1cc(C2CC(=O)Oc3c2c(C)cc2oc(=O)c4c(c32)CCC4)cc(OC)c1OC. The molecule has 1 atom stereocenters. The average molecular weight is 436 g/mol. The lowest BCUT2D eigenvalue weighted by Gasteiger charge is -2.29. The van der Waals surface area contributed by atoms with Crippen LogP contribution >= 0.6 is 0 Å². The smallest absolute Gasteiger partial charge is 0.339 e. The van der Waals surface area contributed by atoms with Crippen molar-refractivity contribution < 1.29 is 28.2 Å². The van der Waals surface area contributed by atoms with E-state index >= 15 is 0 Å². The van der Waals surface area contributed by atoms with Crippen molar-refractivity contribution in [1.82, 2.24) is 0 Å². The molecule has 1 aromatic heterocycles. The van der Waals surface area contributed by atoms with Crippen molar-refractivity contribution in [3.05, 3.63) is 56.4 Å². The Morgan fingerprint density at radius 1 is 0.938 bits per heavy atom. The van der Waals surface area contributed by atoms with Crippen LogP contribution in [-0.2, 0) is 17.6 Å². The van der Waals surface area contributed by atoms with Crippen LogP contribution in [0, 0.1) is 6.92 Å². The molecular weight excluding hydrogens is 412 g/mol. The Hall–Kier alpha value is -3.48. The third kappa shape index (κ3) is 2.95. The van der Waals surface area contributed by atoms with Crippen LogP contribution in [-0.4, -0.2) is 27.3 Å². The molecule has 1 aliphatic carbocycles. The van der Waals surface area contributed by atoms with Gasteiger partial charge in [0.2, 0.25) is 5.75 Å². The Labute approximate surface area is 184 Å². The van der Waals surface area contributed by atoms with E-state index in [1.165, 1.54) is 0 Å². The summed E-state index contributed by atoms with van der Waals surface area (Å²) < 4.78 is 27.9. The highest BCUT2D eigenvalue weighted by Crippen LogP contribution is 2.49. The second-order valence-corrected chi connectivity index (χ2v) is 8.20. The van der Waals surface area contributed by atoms with Crippen molar-refractivity contribution in [2.75, 3.05) is 21.3 Å². The van der Waals surface area contributed by atoms with Crippen molar-refractivity contribution >= 4 is 16.9 Å². The van der Waals surface area contributed by atoms with Gasteiger partial charge < -0.3 is 23.4 Å². The molecule has 1 aliphatic heterocycles. The van der Waals surface area contributed by atoms with Crippen LogP contribution in [0.25, 0.3) is 11.0 Å². The zero-order valence-electron chi connectivity index (χ0n) is 18.5. The molecule has 0 amide bonds. The summed E-state index contributed by atoms with van der Waals surface area (Å²) in [5.41, 5.74) is 4.45. The third-order valence-corrected chi connectivity index (χ3v) is 6.48. The summed E-state index contributed by atoms with van der Waals surface area (Å²) >= 11 is 0. The number of benzene rings is 2. The Bertz CT molecular complexity index is 1290. The van der Waals surface area contributed by atoms with Crippen LogP contribution in [0.15, 0.2) is 27.4 Å². The molecule has 0 saturated carbocycles. The maximum absolute atomic E-state index is 12.8. The lowest BCUT2D eigenvalue weighted by atomic mass is 9.82. The first-order valence-electron chi connectivity index (χ1n) is 10.6. The van der Waals surface area contributed by atoms with E-state index < -0.39 is 0 Å². The standard InChI is InChI=1S/C25H24O7/c1-12-8-17-22(14-6-5-7-15(14)25(27)31-17)24-21(12)16(11-20(26)32-24)13-9-18(28-2)23(30-4)19(10-13)29-3/h8-10,16H,5-7,11H2,1-4H3. The molecule has 0 N–H and O–H groups in total. The monoisotopic (exact) mass is 436 g/mol. The number of carbonyl (C=O) groups excluding carboxylic acids is 1. The summed E-state index contributed by atoms with van der Waals surface area (Å²) in [5.74, 6) is 1.43. The van der Waals surface area contributed by atoms with Gasteiger partial charge in [-0.2, -0.15) is 0 Å². The lowest BCUT2D eigenvalue weighted by Crippen LogP contribution is -2.23. The molecule has 0 radical (unpaired) electrons. The number of hydrogen-bond acceptors (Lipinski definition) is 7. The molecule has 2 aliphatic rings. The minimum atomic E-state index is -0.332.